The number of carbonyl (C=O) groups is 2. The van der Waals surface area contributed by atoms with E-state index in [1.807, 2.05) is 0 Å². The first-order chi connectivity index (χ1) is 13.6. The zero-order valence-corrected chi connectivity index (χ0v) is 15.6. The van der Waals surface area contributed by atoms with Gasteiger partial charge < -0.3 is 14.8 Å². The number of ether oxygens (including phenoxy) is 2. The van der Waals surface area contributed by atoms with Gasteiger partial charge in [-0.25, -0.2) is 0 Å². The number of rotatable bonds is 6. The Morgan fingerprint density at radius 2 is 1.68 bits per heavy atom. The second-order valence-electron chi connectivity index (χ2n) is 6.02. The van der Waals surface area contributed by atoms with Crippen molar-refractivity contribution in [1.29, 1.82) is 0 Å². The summed E-state index contributed by atoms with van der Waals surface area (Å²) in [5.41, 5.74) is 0.599. The number of fused-ring (bicyclic) bond motifs is 1. The van der Waals surface area contributed by atoms with Crippen LogP contribution in [0.1, 0.15) is 16.8 Å². The lowest BCUT2D eigenvalue weighted by atomic mass is 10.1. The fourth-order valence-corrected chi connectivity index (χ4v) is 2.96. The predicted octanol–water partition coefficient (Wildman–Crippen LogP) is 2.29. The maximum atomic E-state index is 13.0. The highest BCUT2D eigenvalue weighted by molar-refractivity contribution is 6.06. The third-order valence-corrected chi connectivity index (χ3v) is 4.36. The molecule has 0 unspecified atom stereocenters. The molecule has 28 heavy (non-hydrogen) atoms. The zero-order valence-electron chi connectivity index (χ0n) is 15.6. The Hall–Kier alpha value is -3.61. The van der Waals surface area contributed by atoms with Gasteiger partial charge in [-0.05, 0) is 18.2 Å². The normalized spacial score (nSPS) is 10.5. The number of hydrogen-bond donors (Lipinski definition) is 1. The molecule has 1 amide bonds. The Labute approximate surface area is 161 Å². The molecule has 0 radical (unpaired) electrons. The van der Waals surface area contributed by atoms with Crippen LogP contribution in [-0.4, -0.2) is 37.2 Å². The molecular formula is C21H20N2O5. The van der Waals surface area contributed by atoms with Crippen molar-refractivity contribution in [3.05, 3.63) is 70.6 Å². The monoisotopic (exact) mass is 380 g/mol. The highest BCUT2D eigenvalue weighted by Crippen LogP contribution is 2.23. The van der Waals surface area contributed by atoms with E-state index in [1.54, 1.807) is 48.5 Å². The lowest BCUT2D eigenvalue weighted by molar-refractivity contribution is -0.140. The molecule has 1 heterocycles. The van der Waals surface area contributed by atoms with E-state index in [2.05, 4.69) is 10.1 Å². The molecule has 1 aromatic heterocycles. The summed E-state index contributed by atoms with van der Waals surface area (Å²) in [6, 6.07) is 14.0. The number of nitrogens with one attached hydrogen (secondary N) is 1. The summed E-state index contributed by atoms with van der Waals surface area (Å²) in [6.07, 6.45) is 1.56. The van der Waals surface area contributed by atoms with Gasteiger partial charge in [-0.3, -0.25) is 19.0 Å². The van der Waals surface area contributed by atoms with Gasteiger partial charge >= 0.3 is 5.97 Å². The van der Waals surface area contributed by atoms with Crippen molar-refractivity contribution in [3.8, 4) is 11.4 Å². The minimum atomic E-state index is -0.413. The van der Waals surface area contributed by atoms with E-state index >= 15 is 0 Å². The van der Waals surface area contributed by atoms with Crippen LogP contribution >= 0.6 is 0 Å². The fourth-order valence-electron chi connectivity index (χ4n) is 2.96. The first-order valence-electron chi connectivity index (χ1n) is 8.69. The van der Waals surface area contributed by atoms with Crippen LogP contribution in [0.25, 0.3) is 16.5 Å². The third-order valence-electron chi connectivity index (χ3n) is 4.36. The van der Waals surface area contributed by atoms with Crippen LogP contribution in [-0.2, 0) is 9.53 Å². The van der Waals surface area contributed by atoms with Crippen LogP contribution in [0.4, 0.5) is 0 Å². The van der Waals surface area contributed by atoms with Gasteiger partial charge in [-0.2, -0.15) is 0 Å². The Morgan fingerprint density at radius 3 is 2.39 bits per heavy atom. The molecule has 0 aliphatic heterocycles. The third kappa shape index (κ3) is 3.73. The van der Waals surface area contributed by atoms with Gasteiger partial charge in [0.05, 0.1) is 31.9 Å². The number of para-hydroxylation sites is 2. The molecule has 144 valence electrons. The van der Waals surface area contributed by atoms with E-state index in [0.717, 1.165) is 0 Å². The van der Waals surface area contributed by atoms with E-state index in [4.69, 9.17) is 4.74 Å². The highest BCUT2D eigenvalue weighted by atomic mass is 16.5. The molecule has 0 saturated carbocycles. The molecule has 0 fully saturated rings. The Kier molecular flexibility index (Phi) is 5.74. The molecule has 0 bridgehead atoms. The van der Waals surface area contributed by atoms with Crippen LogP contribution in [0.15, 0.2) is 59.5 Å². The molecule has 0 aliphatic carbocycles. The summed E-state index contributed by atoms with van der Waals surface area (Å²) < 4.78 is 11.3. The van der Waals surface area contributed by atoms with Crippen LogP contribution in [0.2, 0.25) is 0 Å². The zero-order chi connectivity index (χ0) is 20.1. The van der Waals surface area contributed by atoms with Crippen LogP contribution in [0, 0.1) is 0 Å². The summed E-state index contributed by atoms with van der Waals surface area (Å²) >= 11 is 0. The molecule has 7 heteroatoms. The summed E-state index contributed by atoms with van der Waals surface area (Å²) in [5.74, 6) is -0.287. The second-order valence-corrected chi connectivity index (χ2v) is 6.02. The number of pyridine rings is 1. The molecule has 7 nitrogen and oxygen atoms in total. The maximum absolute atomic E-state index is 13.0. The lowest BCUT2D eigenvalue weighted by Gasteiger charge is -2.14. The van der Waals surface area contributed by atoms with E-state index in [0.29, 0.717) is 27.8 Å². The average molecular weight is 380 g/mol. The lowest BCUT2D eigenvalue weighted by Crippen LogP contribution is -2.29. The van der Waals surface area contributed by atoms with Gasteiger partial charge in [0.15, 0.2) is 0 Å². The molecule has 1 N–H and O–H groups in total. The van der Waals surface area contributed by atoms with Crippen LogP contribution in [0.5, 0.6) is 5.75 Å². The van der Waals surface area contributed by atoms with Crippen molar-refractivity contribution in [2.24, 2.45) is 0 Å². The molecule has 0 aliphatic rings. The topological polar surface area (TPSA) is 86.6 Å². The highest BCUT2D eigenvalue weighted by Gasteiger charge is 2.17. The van der Waals surface area contributed by atoms with Gasteiger partial charge in [0.2, 0.25) is 0 Å². The summed E-state index contributed by atoms with van der Waals surface area (Å²) in [4.78, 5) is 37.1. The SMILES string of the molecule is COC(=O)CCNC(=O)c1cn(-c2ccccc2OC)c(=O)c2ccccc12. The largest absolute Gasteiger partial charge is 0.495 e. The molecule has 0 spiro atoms. The van der Waals surface area contributed by atoms with Crippen molar-refractivity contribution in [2.45, 2.75) is 6.42 Å². The van der Waals surface area contributed by atoms with E-state index < -0.39 is 5.97 Å². The Morgan fingerprint density at radius 1 is 1.00 bits per heavy atom. The van der Waals surface area contributed by atoms with E-state index in [-0.39, 0.29) is 24.4 Å². The first-order valence-corrected chi connectivity index (χ1v) is 8.69. The van der Waals surface area contributed by atoms with Crippen molar-refractivity contribution in [3.63, 3.8) is 0 Å². The van der Waals surface area contributed by atoms with Crippen molar-refractivity contribution in [1.82, 2.24) is 9.88 Å². The van der Waals surface area contributed by atoms with Crippen molar-refractivity contribution >= 4 is 22.6 Å². The molecule has 2 aromatic carbocycles. The quantitative estimate of drug-likeness (QED) is 0.663. The smallest absolute Gasteiger partial charge is 0.307 e. The molecule has 3 aromatic rings. The predicted molar refractivity (Wildman–Crippen MR) is 105 cm³/mol. The van der Waals surface area contributed by atoms with Crippen LogP contribution < -0.4 is 15.6 Å². The van der Waals surface area contributed by atoms with Crippen molar-refractivity contribution < 1.29 is 19.1 Å². The minimum absolute atomic E-state index is 0.0618. The number of benzene rings is 2. The summed E-state index contributed by atoms with van der Waals surface area (Å²) in [6.45, 7) is 0.133. The van der Waals surface area contributed by atoms with Gasteiger partial charge in [0, 0.05) is 23.5 Å². The van der Waals surface area contributed by atoms with E-state index in [9.17, 15) is 14.4 Å². The van der Waals surface area contributed by atoms with Gasteiger partial charge in [-0.15, -0.1) is 0 Å². The molecule has 3 rings (SSSR count). The van der Waals surface area contributed by atoms with Gasteiger partial charge in [-0.1, -0.05) is 30.3 Å². The maximum Gasteiger partial charge on any atom is 0.307 e. The summed E-state index contributed by atoms with van der Waals surface area (Å²) in [7, 11) is 2.81. The van der Waals surface area contributed by atoms with Gasteiger partial charge in [0.25, 0.3) is 11.5 Å². The van der Waals surface area contributed by atoms with Crippen LogP contribution in [0.3, 0.4) is 0 Å². The number of hydrogen-bond acceptors (Lipinski definition) is 5. The first kappa shape index (κ1) is 19.2. The standard InChI is InChI=1S/C21H20N2O5/c1-27-18-10-6-5-9-17(18)23-13-16(20(25)22-12-11-19(24)28-2)14-7-3-4-8-15(14)21(23)26/h3-10,13H,11-12H2,1-2H3,(H,22,25). The number of carbonyl (C=O) groups excluding carboxylic acids is 2. The number of aromatic nitrogens is 1. The average Bonchev–Trinajstić information content (AvgIpc) is 2.74. The molecular weight excluding hydrogens is 360 g/mol. The number of esters is 1. The Balaban J connectivity index is 2.10. The van der Waals surface area contributed by atoms with Gasteiger partial charge in [0.1, 0.15) is 5.75 Å². The second kappa shape index (κ2) is 8.39. The Bertz CT molecular complexity index is 1090. The number of methoxy groups -OCH3 is 2. The minimum Gasteiger partial charge on any atom is -0.495 e. The molecule has 0 atom stereocenters. The number of nitrogens with zero attached hydrogens (tertiary/aromatic N) is 1. The summed E-state index contributed by atoms with van der Waals surface area (Å²) in [5, 5.41) is 3.64. The number of amides is 1. The fraction of sp³-hybridized carbons (Fsp3) is 0.190. The van der Waals surface area contributed by atoms with Crippen molar-refractivity contribution in [2.75, 3.05) is 20.8 Å². The molecule has 0 saturated heterocycles. The van der Waals surface area contributed by atoms with E-state index in [1.165, 1.54) is 25.0 Å².